The van der Waals surface area contributed by atoms with Crippen LogP contribution in [0.4, 0.5) is 0 Å². The topological polar surface area (TPSA) is 29.3 Å². The Morgan fingerprint density at radius 3 is 2.29 bits per heavy atom. The molecule has 0 bridgehead atoms. The summed E-state index contributed by atoms with van der Waals surface area (Å²) in [6, 6.07) is 0. The highest BCUT2D eigenvalue weighted by atomic mass is 15.1. The van der Waals surface area contributed by atoms with Gasteiger partial charge >= 0.3 is 0 Å². The van der Waals surface area contributed by atoms with Gasteiger partial charge in [0.1, 0.15) is 0 Å². The van der Waals surface area contributed by atoms with Crippen molar-refractivity contribution in [3.05, 3.63) is 0 Å². The first-order chi connectivity index (χ1) is 6.64. The Kier molecular flexibility index (Phi) is 4.90. The van der Waals surface area contributed by atoms with Gasteiger partial charge in [-0.15, -0.1) is 0 Å². The summed E-state index contributed by atoms with van der Waals surface area (Å²) < 4.78 is 0. The molecule has 1 fully saturated rings. The van der Waals surface area contributed by atoms with Crippen LogP contribution in [0.2, 0.25) is 0 Å². The molecular formula is C12H26N2. The average molecular weight is 198 g/mol. The molecule has 0 aromatic rings. The van der Waals surface area contributed by atoms with Crippen LogP contribution < -0.4 is 5.73 Å². The van der Waals surface area contributed by atoms with E-state index in [-0.39, 0.29) is 0 Å². The number of piperidine rings is 1. The predicted molar refractivity (Wildman–Crippen MR) is 62.4 cm³/mol. The minimum absolute atomic E-state index is 0.591. The lowest BCUT2D eigenvalue weighted by atomic mass is 9.82. The SMILES string of the molecule is CC1(C)CCN(CCCCCN)CC1. The van der Waals surface area contributed by atoms with Crippen molar-refractivity contribution in [2.45, 2.75) is 46.0 Å². The molecular weight excluding hydrogens is 172 g/mol. The maximum absolute atomic E-state index is 5.47. The zero-order valence-electron chi connectivity index (χ0n) is 9.89. The minimum atomic E-state index is 0.591. The van der Waals surface area contributed by atoms with E-state index >= 15 is 0 Å². The molecule has 0 unspecified atom stereocenters. The average Bonchev–Trinajstić information content (AvgIpc) is 2.15. The Morgan fingerprint density at radius 2 is 1.71 bits per heavy atom. The van der Waals surface area contributed by atoms with Crippen LogP contribution in [-0.2, 0) is 0 Å². The summed E-state index contributed by atoms with van der Waals surface area (Å²) >= 11 is 0. The molecule has 1 aliphatic heterocycles. The number of hydrogen-bond donors (Lipinski definition) is 1. The second-order valence-electron chi connectivity index (χ2n) is 5.36. The fraction of sp³-hybridized carbons (Fsp3) is 1.00. The molecule has 1 aliphatic rings. The first-order valence-corrected chi connectivity index (χ1v) is 6.06. The maximum Gasteiger partial charge on any atom is -0.00136 e. The Bertz CT molecular complexity index is 144. The summed E-state index contributed by atoms with van der Waals surface area (Å²) in [5.41, 5.74) is 6.06. The van der Waals surface area contributed by atoms with Crippen LogP contribution in [0.25, 0.3) is 0 Å². The van der Waals surface area contributed by atoms with E-state index in [2.05, 4.69) is 18.7 Å². The van der Waals surface area contributed by atoms with Gasteiger partial charge in [-0.3, -0.25) is 0 Å². The molecule has 84 valence electrons. The van der Waals surface area contributed by atoms with Crippen LogP contribution >= 0.6 is 0 Å². The number of hydrogen-bond acceptors (Lipinski definition) is 2. The van der Waals surface area contributed by atoms with Gasteiger partial charge in [0, 0.05) is 0 Å². The molecule has 0 aliphatic carbocycles. The van der Waals surface area contributed by atoms with Gasteiger partial charge in [-0.25, -0.2) is 0 Å². The van der Waals surface area contributed by atoms with Crippen molar-refractivity contribution < 1.29 is 0 Å². The molecule has 14 heavy (non-hydrogen) atoms. The molecule has 2 nitrogen and oxygen atoms in total. The number of nitrogens with zero attached hydrogens (tertiary/aromatic N) is 1. The van der Waals surface area contributed by atoms with Crippen LogP contribution in [0.3, 0.4) is 0 Å². The second-order valence-corrected chi connectivity index (χ2v) is 5.36. The van der Waals surface area contributed by atoms with Crippen LogP contribution in [0.5, 0.6) is 0 Å². The van der Waals surface area contributed by atoms with Crippen molar-refractivity contribution in [3.63, 3.8) is 0 Å². The Hall–Kier alpha value is -0.0800. The monoisotopic (exact) mass is 198 g/mol. The summed E-state index contributed by atoms with van der Waals surface area (Å²) in [6.45, 7) is 9.52. The van der Waals surface area contributed by atoms with Gasteiger partial charge in [0.05, 0.1) is 0 Å². The molecule has 1 heterocycles. The number of rotatable bonds is 5. The molecule has 0 spiro atoms. The van der Waals surface area contributed by atoms with Crippen molar-refractivity contribution in [1.29, 1.82) is 0 Å². The lowest BCUT2D eigenvalue weighted by Gasteiger charge is -2.36. The normalized spacial score (nSPS) is 22.5. The van der Waals surface area contributed by atoms with Crippen molar-refractivity contribution in [2.24, 2.45) is 11.1 Å². The molecule has 1 rings (SSSR count). The predicted octanol–water partition coefficient (Wildman–Crippen LogP) is 2.24. The van der Waals surface area contributed by atoms with E-state index in [1.54, 1.807) is 0 Å². The lowest BCUT2D eigenvalue weighted by Crippen LogP contribution is -2.37. The highest BCUT2D eigenvalue weighted by molar-refractivity contribution is 4.78. The zero-order valence-corrected chi connectivity index (χ0v) is 9.89. The molecule has 0 aromatic carbocycles. The summed E-state index contributed by atoms with van der Waals surface area (Å²) in [5, 5.41) is 0. The fourth-order valence-corrected chi connectivity index (χ4v) is 2.04. The van der Waals surface area contributed by atoms with E-state index < -0.39 is 0 Å². The van der Waals surface area contributed by atoms with Gasteiger partial charge in [0.15, 0.2) is 0 Å². The van der Waals surface area contributed by atoms with Crippen molar-refractivity contribution in [2.75, 3.05) is 26.2 Å². The molecule has 0 atom stereocenters. The second kappa shape index (κ2) is 5.72. The fourth-order valence-electron chi connectivity index (χ4n) is 2.04. The minimum Gasteiger partial charge on any atom is -0.330 e. The molecule has 0 aromatic heterocycles. The van der Waals surface area contributed by atoms with E-state index in [0.29, 0.717) is 5.41 Å². The number of unbranched alkanes of at least 4 members (excludes halogenated alkanes) is 2. The van der Waals surface area contributed by atoms with Crippen molar-refractivity contribution in [1.82, 2.24) is 4.90 Å². The highest BCUT2D eigenvalue weighted by Crippen LogP contribution is 2.29. The van der Waals surface area contributed by atoms with Crippen LogP contribution in [-0.4, -0.2) is 31.1 Å². The third kappa shape index (κ3) is 4.43. The Balaban J connectivity index is 2.04. The largest absolute Gasteiger partial charge is 0.330 e. The first kappa shape index (κ1) is 12.0. The van der Waals surface area contributed by atoms with E-state index in [4.69, 9.17) is 5.73 Å². The third-order valence-corrected chi connectivity index (χ3v) is 3.39. The van der Waals surface area contributed by atoms with Crippen LogP contribution in [0, 0.1) is 5.41 Å². The molecule has 0 radical (unpaired) electrons. The number of likely N-dealkylation sites (tertiary alicyclic amines) is 1. The van der Waals surface area contributed by atoms with E-state index in [0.717, 1.165) is 6.54 Å². The Labute approximate surface area is 88.8 Å². The smallest absolute Gasteiger partial charge is 0.00136 e. The van der Waals surface area contributed by atoms with Crippen LogP contribution in [0.1, 0.15) is 46.0 Å². The van der Waals surface area contributed by atoms with E-state index in [1.807, 2.05) is 0 Å². The quantitative estimate of drug-likeness (QED) is 0.686. The van der Waals surface area contributed by atoms with Gasteiger partial charge in [-0.05, 0) is 57.3 Å². The highest BCUT2D eigenvalue weighted by Gasteiger charge is 2.24. The summed E-state index contributed by atoms with van der Waals surface area (Å²) in [5.74, 6) is 0. The van der Waals surface area contributed by atoms with E-state index in [1.165, 1.54) is 51.7 Å². The molecule has 0 saturated carbocycles. The molecule has 2 heteroatoms. The molecule has 1 saturated heterocycles. The van der Waals surface area contributed by atoms with Gasteiger partial charge in [-0.1, -0.05) is 20.3 Å². The van der Waals surface area contributed by atoms with Crippen LogP contribution in [0.15, 0.2) is 0 Å². The van der Waals surface area contributed by atoms with Gasteiger partial charge in [0.2, 0.25) is 0 Å². The van der Waals surface area contributed by atoms with Gasteiger partial charge < -0.3 is 10.6 Å². The first-order valence-electron chi connectivity index (χ1n) is 6.06. The third-order valence-electron chi connectivity index (χ3n) is 3.39. The molecule has 0 amide bonds. The molecule has 2 N–H and O–H groups in total. The summed E-state index contributed by atoms with van der Waals surface area (Å²) in [4.78, 5) is 2.61. The maximum atomic E-state index is 5.47. The Morgan fingerprint density at radius 1 is 1.07 bits per heavy atom. The van der Waals surface area contributed by atoms with Crippen molar-refractivity contribution in [3.8, 4) is 0 Å². The standard InChI is InChI=1S/C12H26N2/c1-12(2)6-10-14(11-7-12)9-5-3-4-8-13/h3-11,13H2,1-2H3. The zero-order chi connectivity index (χ0) is 10.4. The van der Waals surface area contributed by atoms with Crippen molar-refractivity contribution >= 4 is 0 Å². The summed E-state index contributed by atoms with van der Waals surface area (Å²) in [7, 11) is 0. The van der Waals surface area contributed by atoms with E-state index in [9.17, 15) is 0 Å². The lowest BCUT2D eigenvalue weighted by molar-refractivity contribution is 0.131. The number of nitrogens with two attached hydrogens (primary N) is 1. The van der Waals surface area contributed by atoms with Gasteiger partial charge in [-0.2, -0.15) is 0 Å². The summed E-state index contributed by atoms with van der Waals surface area (Å²) in [6.07, 6.45) is 6.56. The van der Waals surface area contributed by atoms with Gasteiger partial charge in [0.25, 0.3) is 0 Å².